The summed E-state index contributed by atoms with van der Waals surface area (Å²) in [5.41, 5.74) is 6.89. The van der Waals surface area contributed by atoms with Gasteiger partial charge in [-0.05, 0) is 60.6 Å². The first-order valence-electron chi connectivity index (χ1n) is 12.3. The normalized spacial score (nSPS) is 12.4. The van der Waals surface area contributed by atoms with E-state index in [1.54, 1.807) is 18.3 Å². The van der Waals surface area contributed by atoms with Gasteiger partial charge < -0.3 is 14.6 Å². The number of hydrogen-bond acceptors (Lipinski definition) is 7. The van der Waals surface area contributed by atoms with Crippen LogP contribution < -0.4 is 15.6 Å². The summed E-state index contributed by atoms with van der Waals surface area (Å²) in [6.07, 6.45) is 3.83. The Kier molecular flexibility index (Phi) is 5.76. The van der Waals surface area contributed by atoms with Gasteiger partial charge in [-0.15, -0.1) is 0 Å². The number of aryl methyl sites for hydroxylation is 2. The Balaban J connectivity index is 1.63. The lowest BCUT2D eigenvalue weighted by molar-refractivity contribution is 0.407. The van der Waals surface area contributed by atoms with Crippen LogP contribution in [-0.2, 0) is 13.5 Å². The summed E-state index contributed by atoms with van der Waals surface area (Å²) in [6, 6.07) is 13.3. The smallest absolute Gasteiger partial charge is 0.323 e. The maximum Gasteiger partial charge on any atom is 0.323 e. The molecular formula is C28H23BFN7O. The number of halogens is 1. The van der Waals surface area contributed by atoms with E-state index in [0.717, 1.165) is 39.2 Å². The predicted octanol–water partition coefficient (Wildman–Crippen LogP) is 4.69. The molecule has 4 heterocycles. The third-order valence-electron chi connectivity index (χ3n) is 7.06. The third kappa shape index (κ3) is 3.75. The highest BCUT2D eigenvalue weighted by atomic mass is 19.1. The Labute approximate surface area is 219 Å². The van der Waals surface area contributed by atoms with Gasteiger partial charge in [0, 0.05) is 54.2 Å². The number of benzene rings is 2. The first-order valence-corrected chi connectivity index (χ1v) is 12.3. The number of hydrogen-bond donors (Lipinski definition) is 1. The fourth-order valence-electron chi connectivity index (χ4n) is 5.22. The van der Waals surface area contributed by atoms with Crippen molar-refractivity contribution in [2.75, 3.05) is 12.4 Å². The molecule has 8 nitrogen and oxygen atoms in total. The Morgan fingerprint density at radius 1 is 1.11 bits per heavy atom. The predicted molar refractivity (Wildman–Crippen MR) is 145 cm³/mol. The first kappa shape index (κ1) is 23.6. The van der Waals surface area contributed by atoms with Crippen molar-refractivity contribution in [3.05, 3.63) is 72.1 Å². The van der Waals surface area contributed by atoms with Crippen molar-refractivity contribution in [3.8, 4) is 40.1 Å². The molecule has 0 atom stereocenters. The molecule has 6 rings (SSSR count). The quantitative estimate of drug-likeness (QED) is 0.355. The van der Waals surface area contributed by atoms with Crippen LogP contribution >= 0.6 is 0 Å². The van der Waals surface area contributed by atoms with Gasteiger partial charge >= 0.3 is 12.7 Å². The molecule has 0 aliphatic carbocycles. The summed E-state index contributed by atoms with van der Waals surface area (Å²) in [4.78, 5) is 17.5. The number of ether oxygens (including phenoxy) is 1. The van der Waals surface area contributed by atoms with E-state index in [1.165, 1.54) is 6.33 Å². The highest BCUT2D eigenvalue weighted by molar-refractivity contribution is 6.81. The zero-order valence-electron chi connectivity index (χ0n) is 21.2. The Morgan fingerprint density at radius 3 is 2.66 bits per heavy atom. The molecule has 0 bridgehead atoms. The van der Waals surface area contributed by atoms with Gasteiger partial charge in [-0.1, -0.05) is 18.2 Å². The van der Waals surface area contributed by atoms with Crippen molar-refractivity contribution in [1.82, 2.24) is 24.5 Å². The molecule has 0 saturated heterocycles. The van der Waals surface area contributed by atoms with Crippen LogP contribution in [0.1, 0.15) is 11.3 Å². The monoisotopic (exact) mass is 503 g/mol. The van der Waals surface area contributed by atoms with Crippen LogP contribution in [-0.4, -0.2) is 38.3 Å². The van der Waals surface area contributed by atoms with Crippen molar-refractivity contribution in [2.24, 2.45) is 7.05 Å². The van der Waals surface area contributed by atoms with Crippen LogP contribution in [0.2, 0.25) is 6.32 Å². The van der Waals surface area contributed by atoms with Gasteiger partial charge in [0.25, 0.3) is 0 Å². The molecule has 1 N–H and O–H groups in total. The van der Waals surface area contributed by atoms with Crippen molar-refractivity contribution >= 4 is 29.0 Å². The highest BCUT2D eigenvalue weighted by Crippen LogP contribution is 2.44. The Bertz CT molecular complexity index is 1740. The molecule has 10 heteroatoms. The van der Waals surface area contributed by atoms with Gasteiger partial charge in [0.15, 0.2) is 11.6 Å². The van der Waals surface area contributed by atoms with Crippen molar-refractivity contribution < 1.29 is 9.13 Å². The van der Waals surface area contributed by atoms with Crippen LogP contribution in [0, 0.1) is 24.0 Å². The summed E-state index contributed by atoms with van der Waals surface area (Å²) in [5.74, 6) is 1.94. The molecule has 2 aromatic carbocycles. The first-order chi connectivity index (χ1) is 18.5. The van der Waals surface area contributed by atoms with E-state index < -0.39 is 12.5 Å². The lowest BCUT2D eigenvalue weighted by Crippen LogP contribution is -2.34. The summed E-state index contributed by atoms with van der Waals surface area (Å²) < 4.78 is 23.9. The summed E-state index contributed by atoms with van der Waals surface area (Å²) in [5, 5.41) is 14.0. The molecule has 1 aliphatic heterocycles. The second-order valence-electron chi connectivity index (χ2n) is 9.27. The maximum atomic E-state index is 16.2. The van der Waals surface area contributed by atoms with Crippen LogP contribution in [0.3, 0.4) is 0 Å². The van der Waals surface area contributed by atoms with Gasteiger partial charge in [0.2, 0.25) is 0 Å². The minimum Gasteiger partial charge on any atom is -0.421 e. The van der Waals surface area contributed by atoms with E-state index in [0.29, 0.717) is 29.5 Å². The topological polar surface area (TPSA) is 102 Å². The fraction of sp³-hybridized carbons (Fsp3) is 0.179. The fourth-order valence-corrected chi connectivity index (χ4v) is 5.22. The minimum atomic E-state index is -0.515. The van der Waals surface area contributed by atoms with E-state index in [2.05, 4.69) is 31.2 Å². The second-order valence-corrected chi connectivity index (χ2v) is 9.27. The molecule has 3 aromatic heterocycles. The largest absolute Gasteiger partial charge is 0.421 e. The Morgan fingerprint density at radius 2 is 1.92 bits per heavy atom. The van der Waals surface area contributed by atoms with Crippen LogP contribution in [0.15, 0.2) is 55.0 Å². The van der Waals surface area contributed by atoms with Crippen molar-refractivity contribution in [1.29, 1.82) is 5.26 Å². The lowest BCUT2D eigenvalue weighted by atomic mass is 9.44. The molecule has 1 aliphatic rings. The Hall–Kier alpha value is -4.78. The highest BCUT2D eigenvalue weighted by Gasteiger charge is 2.33. The second kappa shape index (κ2) is 9.27. The number of anilines is 1. The summed E-state index contributed by atoms with van der Waals surface area (Å²) >= 11 is 0. The molecule has 0 radical (unpaired) electrons. The van der Waals surface area contributed by atoms with E-state index >= 15 is 4.39 Å². The van der Waals surface area contributed by atoms with Crippen LogP contribution in [0.4, 0.5) is 10.1 Å². The number of nitriles is 1. The summed E-state index contributed by atoms with van der Waals surface area (Å²) in [7, 11) is 3.80. The SMILES string of the molecule is CNc1ccc(-c2c3c4c(ncnc4n2C)B(C#N)CCc2c-3ccc(Oc3nccc(C)n3)c2F)cc1. The molecule has 0 fully saturated rings. The van der Waals surface area contributed by atoms with Gasteiger partial charge in [-0.2, -0.15) is 0 Å². The molecular weight excluding hydrogens is 480 g/mol. The molecule has 0 unspecified atom stereocenters. The van der Waals surface area contributed by atoms with E-state index in [9.17, 15) is 5.26 Å². The molecule has 186 valence electrons. The van der Waals surface area contributed by atoms with Gasteiger partial charge in [-0.25, -0.2) is 29.6 Å². The average molecular weight is 503 g/mol. The number of rotatable bonds is 4. The molecule has 5 aromatic rings. The van der Waals surface area contributed by atoms with Crippen molar-refractivity contribution in [2.45, 2.75) is 19.7 Å². The minimum absolute atomic E-state index is 0.0417. The van der Waals surface area contributed by atoms with Gasteiger partial charge in [0.05, 0.1) is 5.69 Å². The number of nitrogens with one attached hydrogen (secondary N) is 1. The van der Waals surface area contributed by atoms with E-state index in [1.807, 2.05) is 55.9 Å². The lowest BCUT2D eigenvalue weighted by Gasteiger charge is -2.19. The van der Waals surface area contributed by atoms with E-state index in [4.69, 9.17) is 4.74 Å². The van der Waals surface area contributed by atoms with Crippen molar-refractivity contribution in [3.63, 3.8) is 0 Å². The van der Waals surface area contributed by atoms with Gasteiger partial charge in [0.1, 0.15) is 12.0 Å². The zero-order valence-corrected chi connectivity index (χ0v) is 21.2. The summed E-state index contributed by atoms with van der Waals surface area (Å²) in [6.45, 7) is 1.30. The van der Waals surface area contributed by atoms with E-state index in [-0.39, 0.29) is 11.8 Å². The molecule has 38 heavy (non-hydrogen) atoms. The third-order valence-corrected chi connectivity index (χ3v) is 7.06. The maximum absolute atomic E-state index is 16.2. The van der Waals surface area contributed by atoms with Gasteiger partial charge in [-0.3, -0.25) is 0 Å². The van der Waals surface area contributed by atoms with Crippen LogP contribution in [0.5, 0.6) is 11.8 Å². The number of fused-ring (bicyclic) bond motifs is 2. The van der Waals surface area contributed by atoms with Crippen LogP contribution in [0.25, 0.3) is 33.4 Å². The average Bonchev–Trinajstić information content (AvgIpc) is 3.22. The number of nitrogens with zero attached hydrogens (tertiary/aromatic N) is 6. The standard InChI is InChI=1S/C28H23BFN7O/c1-16-11-13-33-28(36-16)38-21-9-8-19-20(24(21)30)10-12-29(14-31)26-23-22(19)25(37(3)27(23)35-15-34-26)17-4-6-18(32-2)7-5-17/h4-9,11,13,15,32H,10,12H2,1-3H3. The molecule has 0 amide bonds. The number of aromatic nitrogens is 5. The molecule has 0 spiro atoms. The zero-order chi connectivity index (χ0) is 26.4. The molecule has 0 saturated carbocycles.